The van der Waals surface area contributed by atoms with Crippen LogP contribution in [0.1, 0.15) is 28.9 Å². The second-order valence-corrected chi connectivity index (χ2v) is 5.16. The topological polar surface area (TPSA) is 88.1 Å². The van der Waals surface area contributed by atoms with Gasteiger partial charge in [0.25, 0.3) is 11.8 Å². The van der Waals surface area contributed by atoms with Crippen molar-refractivity contribution in [3.63, 3.8) is 0 Å². The molecule has 1 aliphatic carbocycles. The zero-order valence-electron chi connectivity index (χ0n) is 11.7. The Labute approximate surface area is 129 Å². The van der Waals surface area contributed by atoms with Crippen molar-refractivity contribution in [2.75, 3.05) is 0 Å². The van der Waals surface area contributed by atoms with Gasteiger partial charge in [-0.1, -0.05) is 23.1 Å². The average molecular weight is 319 g/mol. The number of nitrogens with one attached hydrogen (secondary N) is 1. The van der Waals surface area contributed by atoms with Crippen molar-refractivity contribution in [3.05, 3.63) is 35.5 Å². The van der Waals surface area contributed by atoms with Crippen molar-refractivity contribution in [1.29, 1.82) is 0 Å². The second-order valence-electron chi connectivity index (χ2n) is 5.16. The number of aromatic carboxylic acids is 1. The van der Waals surface area contributed by atoms with E-state index in [1.807, 2.05) is 0 Å². The number of H-pyrrole nitrogens is 1. The molecule has 1 aromatic carbocycles. The lowest BCUT2D eigenvalue weighted by molar-refractivity contribution is -0.0936. The van der Waals surface area contributed by atoms with Crippen LogP contribution in [0, 0.1) is 17.8 Å². The normalized spacial score (nSPS) is 16.1. The third-order valence-electron chi connectivity index (χ3n) is 3.28. The fourth-order valence-electron chi connectivity index (χ4n) is 2.13. The molecular weight excluding hydrogens is 308 g/mol. The van der Waals surface area contributed by atoms with Crippen molar-refractivity contribution >= 4 is 5.97 Å². The van der Waals surface area contributed by atoms with E-state index < -0.39 is 11.9 Å². The zero-order chi connectivity index (χ0) is 16.4. The number of hydrogen-bond acceptors (Lipinski definition) is 4. The average Bonchev–Trinajstić information content (AvgIpc) is 2.91. The molecule has 2 N–H and O–H groups in total. The first kappa shape index (κ1) is 15.0. The molecule has 1 heterocycles. The van der Waals surface area contributed by atoms with Crippen LogP contribution in [0.15, 0.2) is 24.3 Å². The quantitative estimate of drug-likeness (QED) is 0.849. The van der Waals surface area contributed by atoms with Gasteiger partial charge in [-0.15, -0.1) is 5.10 Å². The first-order valence-electron chi connectivity index (χ1n) is 6.74. The summed E-state index contributed by atoms with van der Waals surface area (Å²) in [5.41, 5.74) is 0.250. The third kappa shape index (κ3) is 3.45. The minimum atomic E-state index is -2.59. The highest BCUT2D eigenvalue weighted by Gasteiger charge is 2.44. The fourth-order valence-corrected chi connectivity index (χ4v) is 2.13. The van der Waals surface area contributed by atoms with E-state index in [1.54, 1.807) is 24.3 Å². The summed E-state index contributed by atoms with van der Waals surface area (Å²) < 4.78 is 30.9. The predicted octanol–water partition coefficient (Wildman–Crippen LogP) is 2.69. The lowest BCUT2D eigenvalue weighted by atomic mass is 9.82. The van der Waals surface area contributed by atoms with Crippen molar-refractivity contribution in [3.8, 4) is 23.5 Å². The number of halogens is 2. The number of carboxylic acid groups (broad SMARTS) is 1. The lowest BCUT2D eigenvalue weighted by Gasteiger charge is -2.31. The highest BCUT2D eigenvalue weighted by Crippen LogP contribution is 2.41. The molecule has 1 fully saturated rings. The van der Waals surface area contributed by atoms with E-state index in [9.17, 15) is 13.6 Å². The summed E-state index contributed by atoms with van der Waals surface area (Å²) in [7, 11) is 0. The number of carboxylic acids is 1. The number of ether oxygens (including phenoxy) is 1. The van der Waals surface area contributed by atoms with Gasteiger partial charge in [-0.3, -0.25) is 0 Å². The zero-order valence-corrected chi connectivity index (χ0v) is 11.7. The van der Waals surface area contributed by atoms with Crippen LogP contribution in [0.2, 0.25) is 0 Å². The summed E-state index contributed by atoms with van der Waals surface area (Å²) in [4.78, 5) is 10.9. The van der Waals surface area contributed by atoms with Crippen LogP contribution in [0.25, 0.3) is 0 Å². The molecule has 0 amide bonds. The molecule has 0 atom stereocenters. The monoisotopic (exact) mass is 319 g/mol. The van der Waals surface area contributed by atoms with Crippen LogP contribution in [0.4, 0.5) is 8.78 Å². The van der Waals surface area contributed by atoms with Gasteiger partial charge in [0, 0.05) is 24.3 Å². The number of benzene rings is 1. The molecule has 0 bridgehead atoms. The second kappa shape index (κ2) is 5.68. The van der Waals surface area contributed by atoms with Crippen molar-refractivity contribution in [2.24, 2.45) is 5.92 Å². The van der Waals surface area contributed by atoms with Crippen molar-refractivity contribution in [1.82, 2.24) is 15.4 Å². The molecule has 0 radical (unpaired) electrons. The van der Waals surface area contributed by atoms with E-state index in [2.05, 4.69) is 27.3 Å². The maximum absolute atomic E-state index is 12.7. The van der Waals surface area contributed by atoms with E-state index in [-0.39, 0.29) is 30.3 Å². The van der Waals surface area contributed by atoms with E-state index in [1.165, 1.54) is 0 Å². The number of rotatable bonds is 3. The Bertz CT molecular complexity index is 800. The van der Waals surface area contributed by atoms with Crippen LogP contribution in [-0.4, -0.2) is 32.4 Å². The Morgan fingerprint density at radius 1 is 1.43 bits per heavy atom. The number of hydrogen-bond donors (Lipinski definition) is 2. The van der Waals surface area contributed by atoms with Crippen LogP contribution >= 0.6 is 0 Å². The third-order valence-corrected chi connectivity index (χ3v) is 3.28. The predicted molar refractivity (Wildman–Crippen MR) is 74.4 cm³/mol. The molecule has 0 aliphatic heterocycles. The van der Waals surface area contributed by atoms with E-state index >= 15 is 0 Å². The molecule has 2 aromatic rings. The number of nitrogens with zero attached hydrogens (tertiary/aromatic N) is 2. The summed E-state index contributed by atoms with van der Waals surface area (Å²) in [6.45, 7) is 0. The number of aromatic amines is 1. The highest BCUT2D eigenvalue weighted by atomic mass is 19.3. The molecule has 1 aromatic heterocycles. The summed E-state index contributed by atoms with van der Waals surface area (Å²) in [5, 5.41) is 18.0. The molecule has 1 saturated carbocycles. The Hall–Kier alpha value is -2.95. The van der Waals surface area contributed by atoms with Gasteiger partial charge in [0.2, 0.25) is 5.69 Å². The van der Waals surface area contributed by atoms with Crippen LogP contribution in [0.5, 0.6) is 11.6 Å². The lowest BCUT2D eigenvalue weighted by Crippen LogP contribution is -2.34. The Morgan fingerprint density at radius 2 is 2.22 bits per heavy atom. The van der Waals surface area contributed by atoms with Gasteiger partial charge in [0.15, 0.2) is 0 Å². The molecule has 118 valence electrons. The first-order chi connectivity index (χ1) is 10.9. The number of aromatic nitrogens is 3. The molecule has 0 saturated heterocycles. The van der Waals surface area contributed by atoms with Crippen molar-refractivity contribution < 1.29 is 23.4 Å². The SMILES string of the molecule is O=C(O)c1nn[nH]c1Oc1cccc(C#CC2CC(F)(F)C2)c1. The van der Waals surface area contributed by atoms with Gasteiger partial charge in [0.1, 0.15) is 5.75 Å². The first-order valence-corrected chi connectivity index (χ1v) is 6.74. The number of carbonyl (C=O) groups is 1. The number of alkyl halides is 2. The molecule has 0 spiro atoms. The molecule has 1 aliphatic rings. The van der Waals surface area contributed by atoms with Crippen LogP contribution in [0.3, 0.4) is 0 Å². The molecule has 3 rings (SSSR count). The summed E-state index contributed by atoms with van der Waals surface area (Å²) in [5.74, 6) is 1.70. The Kier molecular flexibility index (Phi) is 3.70. The Morgan fingerprint density at radius 3 is 2.91 bits per heavy atom. The van der Waals surface area contributed by atoms with E-state index in [0.29, 0.717) is 11.3 Å². The summed E-state index contributed by atoms with van der Waals surface area (Å²) >= 11 is 0. The van der Waals surface area contributed by atoms with Gasteiger partial charge in [-0.25, -0.2) is 18.7 Å². The van der Waals surface area contributed by atoms with Crippen molar-refractivity contribution in [2.45, 2.75) is 18.8 Å². The van der Waals surface area contributed by atoms with Gasteiger partial charge in [-0.2, -0.15) is 0 Å². The van der Waals surface area contributed by atoms with E-state index in [0.717, 1.165) is 0 Å². The molecule has 23 heavy (non-hydrogen) atoms. The molecular formula is C15H11F2N3O3. The standard InChI is InChI=1S/C15H11F2N3O3/c16-15(17)7-10(8-15)5-4-9-2-1-3-11(6-9)23-13-12(14(21)22)18-20-19-13/h1-3,6,10H,7-8H2,(H,21,22)(H,18,19,20). The van der Waals surface area contributed by atoms with Gasteiger partial charge in [-0.05, 0) is 18.2 Å². The summed E-state index contributed by atoms with van der Waals surface area (Å²) in [6.07, 6.45) is -0.421. The molecule has 0 unspecified atom stereocenters. The maximum atomic E-state index is 12.7. The van der Waals surface area contributed by atoms with Gasteiger partial charge in [0.05, 0.1) is 0 Å². The van der Waals surface area contributed by atoms with Gasteiger partial charge >= 0.3 is 5.97 Å². The minimum Gasteiger partial charge on any atom is -0.476 e. The highest BCUT2D eigenvalue weighted by molar-refractivity contribution is 5.87. The van der Waals surface area contributed by atoms with Crippen LogP contribution < -0.4 is 4.74 Å². The molecule has 8 heteroatoms. The maximum Gasteiger partial charge on any atom is 0.362 e. The minimum absolute atomic E-state index is 0.0961. The van der Waals surface area contributed by atoms with Gasteiger partial charge < -0.3 is 9.84 Å². The largest absolute Gasteiger partial charge is 0.476 e. The molecule has 6 nitrogen and oxygen atoms in total. The van der Waals surface area contributed by atoms with E-state index in [4.69, 9.17) is 9.84 Å². The fraction of sp³-hybridized carbons (Fsp3) is 0.267. The van der Waals surface area contributed by atoms with Crippen LogP contribution in [-0.2, 0) is 0 Å². The Balaban J connectivity index is 1.72. The smallest absolute Gasteiger partial charge is 0.362 e. The summed E-state index contributed by atoms with van der Waals surface area (Å²) in [6, 6.07) is 6.56.